The number of hydrogen-bond donors (Lipinski definition) is 2. The summed E-state index contributed by atoms with van der Waals surface area (Å²) >= 11 is 0. The van der Waals surface area contributed by atoms with E-state index in [-0.39, 0.29) is 18.0 Å². The fourth-order valence-electron chi connectivity index (χ4n) is 4.72. The third-order valence-electron chi connectivity index (χ3n) is 6.62. The van der Waals surface area contributed by atoms with Crippen molar-refractivity contribution in [2.75, 3.05) is 56.0 Å². The number of carbonyl (C=O) groups excluding carboxylic acids is 2. The first-order valence-electron chi connectivity index (χ1n) is 12.0. The van der Waals surface area contributed by atoms with E-state index in [1.165, 1.54) is 11.3 Å². The van der Waals surface area contributed by atoms with E-state index in [0.29, 0.717) is 13.1 Å². The van der Waals surface area contributed by atoms with Gasteiger partial charge in [0.05, 0.1) is 6.54 Å². The molecule has 33 heavy (non-hydrogen) atoms. The highest BCUT2D eigenvalue weighted by molar-refractivity contribution is 5.89. The van der Waals surface area contributed by atoms with Crippen molar-refractivity contribution in [1.82, 2.24) is 15.1 Å². The standard InChI is InChI=1S/C26H35N5O2/c1-21-8-7-12-23(18-21)29-14-16-30(17-15-29)25(32)20-31-13-6-5-11-24(31)19-27-26(33)28-22-9-3-2-4-10-22/h2-4,7-10,12,18,24H,5-6,11,13-17,19-20H2,1H3,(H2,27,28,33). The number of nitrogens with zero attached hydrogens (tertiary/aromatic N) is 3. The topological polar surface area (TPSA) is 67.9 Å². The maximum atomic E-state index is 13.1. The Bertz CT molecular complexity index is 927. The molecule has 0 aliphatic carbocycles. The average Bonchev–Trinajstić information content (AvgIpc) is 2.84. The molecular weight excluding hydrogens is 414 g/mol. The lowest BCUT2D eigenvalue weighted by molar-refractivity contribution is -0.133. The van der Waals surface area contributed by atoms with Crippen LogP contribution in [-0.4, -0.2) is 73.6 Å². The van der Waals surface area contributed by atoms with Crippen LogP contribution in [0.4, 0.5) is 16.2 Å². The SMILES string of the molecule is Cc1cccc(N2CCN(C(=O)CN3CCCCC3CNC(=O)Nc3ccccc3)CC2)c1. The second-order valence-corrected chi connectivity index (χ2v) is 9.03. The number of piperidine rings is 1. The van der Waals surface area contributed by atoms with E-state index < -0.39 is 0 Å². The summed E-state index contributed by atoms with van der Waals surface area (Å²) in [5.74, 6) is 0.194. The van der Waals surface area contributed by atoms with E-state index in [2.05, 4.69) is 51.6 Å². The van der Waals surface area contributed by atoms with Gasteiger partial charge in [-0.25, -0.2) is 4.79 Å². The number of amides is 3. The summed E-state index contributed by atoms with van der Waals surface area (Å²) in [5, 5.41) is 5.85. The van der Waals surface area contributed by atoms with Gasteiger partial charge in [0.2, 0.25) is 5.91 Å². The molecule has 1 unspecified atom stereocenters. The van der Waals surface area contributed by atoms with Gasteiger partial charge in [-0.3, -0.25) is 9.69 Å². The summed E-state index contributed by atoms with van der Waals surface area (Å²) in [5.41, 5.74) is 3.27. The fraction of sp³-hybridized carbons (Fsp3) is 0.462. The molecule has 176 valence electrons. The maximum absolute atomic E-state index is 13.1. The lowest BCUT2D eigenvalue weighted by Gasteiger charge is -2.39. The van der Waals surface area contributed by atoms with E-state index in [0.717, 1.165) is 57.7 Å². The molecule has 0 saturated carbocycles. The van der Waals surface area contributed by atoms with Crippen molar-refractivity contribution in [3.8, 4) is 0 Å². The maximum Gasteiger partial charge on any atom is 0.319 e. The highest BCUT2D eigenvalue weighted by Crippen LogP contribution is 2.19. The minimum absolute atomic E-state index is 0.192. The molecule has 3 amide bonds. The zero-order chi connectivity index (χ0) is 23.0. The number of rotatable bonds is 6. The summed E-state index contributed by atoms with van der Waals surface area (Å²) in [6.45, 7) is 7.22. The Kier molecular flexibility index (Phi) is 7.83. The molecule has 0 radical (unpaired) electrons. The number of aryl methyl sites for hydroxylation is 1. The molecule has 0 spiro atoms. The van der Waals surface area contributed by atoms with Crippen LogP contribution in [0.15, 0.2) is 54.6 Å². The normalized spacial score (nSPS) is 19.2. The zero-order valence-corrected chi connectivity index (χ0v) is 19.5. The van der Waals surface area contributed by atoms with E-state index in [1.807, 2.05) is 35.2 Å². The molecule has 2 aliphatic rings. The number of hydrogen-bond acceptors (Lipinski definition) is 4. The third kappa shape index (κ3) is 6.48. The van der Waals surface area contributed by atoms with Gasteiger partial charge in [-0.1, -0.05) is 36.8 Å². The lowest BCUT2D eigenvalue weighted by Crippen LogP contribution is -2.54. The lowest BCUT2D eigenvalue weighted by atomic mass is 10.0. The Labute approximate surface area is 196 Å². The molecular formula is C26H35N5O2. The average molecular weight is 450 g/mol. The smallest absolute Gasteiger partial charge is 0.319 e. The monoisotopic (exact) mass is 449 g/mol. The second kappa shape index (κ2) is 11.2. The number of urea groups is 1. The van der Waals surface area contributed by atoms with E-state index in [1.54, 1.807) is 0 Å². The molecule has 4 rings (SSSR count). The van der Waals surface area contributed by atoms with Crippen LogP contribution in [0.25, 0.3) is 0 Å². The van der Waals surface area contributed by atoms with Crippen LogP contribution >= 0.6 is 0 Å². The van der Waals surface area contributed by atoms with Gasteiger partial charge < -0.3 is 20.4 Å². The summed E-state index contributed by atoms with van der Waals surface area (Å²) in [4.78, 5) is 31.9. The van der Waals surface area contributed by atoms with E-state index in [4.69, 9.17) is 0 Å². The van der Waals surface area contributed by atoms with Gasteiger partial charge in [-0.15, -0.1) is 0 Å². The minimum Gasteiger partial charge on any atom is -0.368 e. The molecule has 2 aromatic rings. The second-order valence-electron chi connectivity index (χ2n) is 9.03. The Balaban J connectivity index is 1.24. The van der Waals surface area contributed by atoms with Gasteiger partial charge >= 0.3 is 6.03 Å². The predicted octanol–water partition coefficient (Wildman–Crippen LogP) is 3.32. The van der Waals surface area contributed by atoms with Crippen molar-refractivity contribution in [2.45, 2.75) is 32.2 Å². The number of piperazine rings is 1. The molecule has 2 saturated heterocycles. The van der Waals surface area contributed by atoms with E-state index >= 15 is 0 Å². The molecule has 7 heteroatoms. The van der Waals surface area contributed by atoms with Gasteiger partial charge in [0.1, 0.15) is 0 Å². The van der Waals surface area contributed by atoms with Crippen LogP contribution in [0.1, 0.15) is 24.8 Å². The van der Waals surface area contributed by atoms with Crippen molar-refractivity contribution in [3.63, 3.8) is 0 Å². The predicted molar refractivity (Wildman–Crippen MR) is 133 cm³/mol. The van der Waals surface area contributed by atoms with Gasteiger partial charge in [0.25, 0.3) is 0 Å². The van der Waals surface area contributed by atoms with Crippen LogP contribution in [0.3, 0.4) is 0 Å². The van der Waals surface area contributed by atoms with Crippen LogP contribution < -0.4 is 15.5 Å². The highest BCUT2D eigenvalue weighted by Gasteiger charge is 2.28. The Hall–Kier alpha value is -3.06. The summed E-state index contributed by atoms with van der Waals surface area (Å²) < 4.78 is 0. The molecule has 0 bridgehead atoms. The van der Waals surface area contributed by atoms with Crippen molar-refractivity contribution in [2.24, 2.45) is 0 Å². The van der Waals surface area contributed by atoms with Crippen molar-refractivity contribution in [1.29, 1.82) is 0 Å². The minimum atomic E-state index is -0.203. The number of anilines is 2. The van der Waals surface area contributed by atoms with Gasteiger partial charge in [0, 0.05) is 50.1 Å². The number of likely N-dealkylation sites (tertiary alicyclic amines) is 1. The number of carbonyl (C=O) groups is 2. The largest absolute Gasteiger partial charge is 0.368 e. The number of benzene rings is 2. The highest BCUT2D eigenvalue weighted by atomic mass is 16.2. The fourth-order valence-corrected chi connectivity index (χ4v) is 4.72. The Morgan fingerprint density at radius 3 is 2.48 bits per heavy atom. The molecule has 2 fully saturated rings. The first-order valence-corrected chi connectivity index (χ1v) is 12.0. The molecule has 7 nitrogen and oxygen atoms in total. The van der Waals surface area contributed by atoms with Gasteiger partial charge in [0.15, 0.2) is 0 Å². The summed E-state index contributed by atoms with van der Waals surface area (Å²) in [6, 6.07) is 18.0. The van der Waals surface area contributed by atoms with E-state index in [9.17, 15) is 9.59 Å². The van der Waals surface area contributed by atoms with Crippen molar-refractivity contribution >= 4 is 23.3 Å². The Morgan fingerprint density at radius 1 is 0.939 bits per heavy atom. The molecule has 2 aromatic carbocycles. The molecule has 2 aliphatic heterocycles. The summed E-state index contributed by atoms with van der Waals surface area (Å²) in [6.07, 6.45) is 3.23. The number of nitrogens with one attached hydrogen (secondary N) is 2. The number of para-hydroxylation sites is 1. The Morgan fingerprint density at radius 2 is 1.73 bits per heavy atom. The van der Waals surface area contributed by atoms with Crippen LogP contribution in [0, 0.1) is 6.92 Å². The first-order chi connectivity index (χ1) is 16.1. The molecule has 2 heterocycles. The summed E-state index contributed by atoms with van der Waals surface area (Å²) in [7, 11) is 0. The van der Waals surface area contributed by atoms with Crippen LogP contribution in [-0.2, 0) is 4.79 Å². The van der Waals surface area contributed by atoms with Crippen LogP contribution in [0.2, 0.25) is 0 Å². The third-order valence-corrected chi connectivity index (χ3v) is 6.62. The van der Waals surface area contributed by atoms with Crippen molar-refractivity contribution < 1.29 is 9.59 Å². The van der Waals surface area contributed by atoms with Gasteiger partial charge in [-0.05, 0) is 56.1 Å². The molecule has 1 atom stereocenters. The quantitative estimate of drug-likeness (QED) is 0.710. The molecule has 0 aromatic heterocycles. The molecule has 2 N–H and O–H groups in total. The van der Waals surface area contributed by atoms with Gasteiger partial charge in [-0.2, -0.15) is 0 Å². The zero-order valence-electron chi connectivity index (χ0n) is 19.5. The first kappa shape index (κ1) is 23.1. The van der Waals surface area contributed by atoms with Crippen molar-refractivity contribution in [3.05, 3.63) is 60.2 Å². The van der Waals surface area contributed by atoms with Crippen LogP contribution in [0.5, 0.6) is 0 Å².